The van der Waals surface area contributed by atoms with Crippen LogP contribution in [0.15, 0.2) is 30.5 Å². The Morgan fingerprint density at radius 3 is 2.31 bits per heavy atom. The first-order chi connectivity index (χ1) is 12.6. The second-order valence-corrected chi connectivity index (χ2v) is 6.78. The minimum Gasteiger partial charge on any atom is -0.337 e. The molecule has 2 aromatic rings. The molecule has 1 aromatic carbocycles. The van der Waals surface area contributed by atoms with Gasteiger partial charge in [-0.2, -0.15) is 5.10 Å². The monoisotopic (exact) mass is 356 g/mol. The van der Waals surface area contributed by atoms with E-state index in [-0.39, 0.29) is 17.6 Å². The first kappa shape index (κ1) is 16.8. The summed E-state index contributed by atoms with van der Waals surface area (Å²) in [5.74, 6) is -0.474. The van der Waals surface area contributed by atoms with Gasteiger partial charge in [0.05, 0.1) is 17.5 Å². The predicted molar refractivity (Wildman–Crippen MR) is 93.4 cm³/mol. The molecule has 0 N–H and O–H groups in total. The molecule has 7 heteroatoms. The van der Waals surface area contributed by atoms with E-state index >= 15 is 0 Å². The smallest absolute Gasteiger partial charge is 0.257 e. The summed E-state index contributed by atoms with van der Waals surface area (Å²) in [5, 5.41) is 4.30. The standard InChI is InChI=1S/C19H21FN4O2/c20-15-6-4-14(5-7-15)18(25)22-8-2-9-23(12-11-22)19(26)16-13-21-24-10-1-3-17(16)24/h4-7,13H,1-3,8-12H2. The molecule has 0 aliphatic carbocycles. The molecule has 1 aromatic heterocycles. The molecule has 0 unspecified atom stereocenters. The van der Waals surface area contributed by atoms with Gasteiger partial charge in [0.15, 0.2) is 0 Å². The first-order valence-electron chi connectivity index (χ1n) is 9.02. The molecule has 2 aliphatic rings. The number of nitrogens with zero attached hydrogens (tertiary/aromatic N) is 4. The summed E-state index contributed by atoms with van der Waals surface area (Å²) in [4.78, 5) is 29.0. The maximum Gasteiger partial charge on any atom is 0.257 e. The second-order valence-electron chi connectivity index (χ2n) is 6.78. The average Bonchev–Trinajstić information content (AvgIpc) is 3.17. The number of aromatic nitrogens is 2. The van der Waals surface area contributed by atoms with Gasteiger partial charge in [-0.15, -0.1) is 0 Å². The molecule has 136 valence electrons. The van der Waals surface area contributed by atoms with Gasteiger partial charge in [0.25, 0.3) is 11.8 Å². The fourth-order valence-corrected chi connectivity index (χ4v) is 3.71. The van der Waals surface area contributed by atoms with Gasteiger partial charge in [0.2, 0.25) is 0 Å². The molecule has 26 heavy (non-hydrogen) atoms. The Labute approximate surface area is 151 Å². The van der Waals surface area contributed by atoms with Crippen LogP contribution in [0.3, 0.4) is 0 Å². The number of fused-ring (bicyclic) bond motifs is 1. The number of hydrogen-bond donors (Lipinski definition) is 0. The summed E-state index contributed by atoms with van der Waals surface area (Å²) in [5.41, 5.74) is 2.19. The lowest BCUT2D eigenvalue weighted by atomic mass is 10.1. The number of carbonyl (C=O) groups excluding carboxylic acids is 2. The maximum atomic E-state index is 13.1. The SMILES string of the molecule is O=C(c1ccc(F)cc1)N1CCCN(C(=O)c2cnn3c2CCC3)CC1. The lowest BCUT2D eigenvalue weighted by molar-refractivity contribution is 0.0718. The van der Waals surface area contributed by atoms with Crippen LogP contribution < -0.4 is 0 Å². The van der Waals surface area contributed by atoms with E-state index in [1.165, 1.54) is 24.3 Å². The molecule has 6 nitrogen and oxygen atoms in total. The van der Waals surface area contributed by atoms with Crippen molar-refractivity contribution in [2.24, 2.45) is 0 Å². The van der Waals surface area contributed by atoms with Crippen molar-refractivity contribution in [1.29, 1.82) is 0 Å². The van der Waals surface area contributed by atoms with Crippen molar-refractivity contribution in [3.05, 3.63) is 53.1 Å². The highest BCUT2D eigenvalue weighted by atomic mass is 19.1. The van der Waals surface area contributed by atoms with Crippen LogP contribution in [-0.4, -0.2) is 57.6 Å². The maximum absolute atomic E-state index is 13.1. The molecule has 0 radical (unpaired) electrons. The van der Waals surface area contributed by atoms with E-state index < -0.39 is 0 Å². The van der Waals surface area contributed by atoms with Gasteiger partial charge in [0.1, 0.15) is 5.82 Å². The first-order valence-corrected chi connectivity index (χ1v) is 9.02. The third-order valence-electron chi connectivity index (χ3n) is 5.12. The highest BCUT2D eigenvalue weighted by Gasteiger charge is 2.27. The third kappa shape index (κ3) is 3.09. The Morgan fingerprint density at radius 1 is 0.885 bits per heavy atom. The predicted octanol–water partition coefficient (Wildman–Crippen LogP) is 1.96. The number of amides is 2. The second kappa shape index (κ2) is 6.90. The van der Waals surface area contributed by atoms with Crippen molar-refractivity contribution >= 4 is 11.8 Å². The molecule has 4 rings (SSSR count). The summed E-state index contributed by atoms with van der Waals surface area (Å²) in [7, 11) is 0. The Morgan fingerprint density at radius 2 is 1.58 bits per heavy atom. The highest BCUT2D eigenvalue weighted by molar-refractivity contribution is 5.96. The van der Waals surface area contributed by atoms with Crippen molar-refractivity contribution < 1.29 is 14.0 Å². The molecule has 0 atom stereocenters. The molecular formula is C19H21FN4O2. The Balaban J connectivity index is 1.43. The van der Waals surface area contributed by atoms with E-state index in [1.807, 2.05) is 9.58 Å². The van der Waals surface area contributed by atoms with Crippen molar-refractivity contribution in [1.82, 2.24) is 19.6 Å². The van der Waals surface area contributed by atoms with Crippen LogP contribution in [0.5, 0.6) is 0 Å². The van der Waals surface area contributed by atoms with Crippen LogP contribution in [0.4, 0.5) is 4.39 Å². The highest BCUT2D eigenvalue weighted by Crippen LogP contribution is 2.20. The van der Waals surface area contributed by atoms with Crippen LogP contribution in [0.1, 0.15) is 39.3 Å². The van der Waals surface area contributed by atoms with Gasteiger partial charge < -0.3 is 9.80 Å². The summed E-state index contributed by atoms with van der Waals surface area (Å²) in [6.45, 7) is 3.06. The third-order valence-corrected chi connectivity index (χ3v) is 5.12. The van der Waals surface area contributed by atoms with Gasteiger partial charge >= 0.3 is 0 Å². The van der Waals surface area contributed by atoms with Crippen LogP contribution >= 0.6 is 0 Å². The topological polar surface area (TPSA) is 58.4 Å². The average molecular weight is 356 g/mol. The Bertz CT molecular complexity index is 831. The lowest BCUT2D eigenvalue weighted by Crippen LogP contribution is -2.37. The van der Waals surface area contributed by atoms with Gasteiger partial charge in [-0.3, -0.25) is 14.3 Å². The van der Waals surface area contributed by atoms with Gasteiger partial charge in [-0.25, -0.2) is 4.39 Å². The van der Waals surface area contributed by atoms with E-state index in [1.54, 1.807) is 11.1 Å². The van der Waals surface area contributed by atoms with Crippen LogP contribution in [0.2, 0.25) is 0 Å². The molecule has 2 aliphatic heterocycles. The summed E-state index contributed by atoms with van der Waals surface area (Å²) >= 11 is 0. The van der Waals surface area contributed by atoms with Gasteiger partial charge in [-0.1, -0.05) is 0 Å². The van der Waals surface area contributed by atoms with Crippen molar-refractivity contribution in [3.63, 3.8) is 0 Å². The minimum atomic E-state index is -0.358. The van der Waals surface area contributed by atoms with E-state index in [2.05, 4.69) is 5.10 Å². The fraction of sp³-hybridized carbons (Fsp3) is 0.421. The number of rotatable bonds is 2. The zero-order chi connectivity index (χ0) is 18.1. The van der Waals surface area contributed by atoms with Crippen LogP contribution in [0.25, 0.3) is 0 Å². The van der Waals surface area contributed by atoms with Crippen molar-refractivity contribution in [2.75, 3.05) is 26.2 Å². The largest absolute Gasteiger partial charge is 0.337 e. The van der Waals surface area contributed by atoms with Crippen LogP contribution in [0, 0.1) is 5.82 Å². The van der Waals surface area contributed by atoms with E-state index in [0.29, 0.717) is 37.3 Å². The number of carbonyl (C=O) groups is 2. The number of aryl methyl sites for hydroxylation is 1. The normalized spacial score (nSPS) is 17.1. The summed E-state index contributed by atoms with van der Waals surface area (Å²) in [6, 6.07) is 5.59. The summed E-state index contributed by atoms with van der Waals surface area (Å²) < 4.78 is 15.0. The fourth-order valence-electron chi connectivity index (χ4n) is 3.71. The molecular weight excluding hydrogens is 335 g/mol. The molecule has 2 amide bonds. The molecule has 0 bridgehead atoms. The quantitative estimate of drug-likeness (QED) is 0.826. The molecule has 0 spiro atoms. The van der Waals surface area contributed by atoms with E-state index in [9.17, 15) is 14.0 Å². The number of halogens is 1. The summed E-state index contributed by atoms with van der Waals surface area (Å²) in [6.07, 6.45) is 4.32. The minimum absolute atomic E-state index is 0.00392. The molecule has 3 heterocycles. The Kier molecular flexibility index (Phi) is 4.44. The lowest BCUT2D eigenvalue weighted by Gasteiger charge is -2.22. The van der Waals surface area contributed by atoms with Crippen molar-refractivity contribution in [2.45, 2.75) is 25.8 Å². The zero-order valence-electron chi connectivity index (χ0n) is 14.5. The zero-order valence-corrected chi connectivity index (χ0v) is 14.5. The number of benzene rings is 1. The Hall–Kier alpha value is -2.70. The van der Waals surface area contributed by atoms with Crippen molar-refractivity contribution in [3.8, 4) is 0 Å². The number of hydrogen-bond acceptors (Lipinski definition) is 3. The van der Waals surface area contributed by atoms with E-state index in [0.717, 1.165) is 31.5 Å². The van der Waals surface area contributed by atoms with E-state index in [4.69, 9.17) is 0 Å². The van der Waals surface area contributed by atoms with Gasteiger partial charge in [-0.05, 0) is 43.5 Å². The molecule has 0 saturated carbocycles. The van der Waals surface area contributed by atoms with Crippen LogP contribution in [-0.2, 0) is 13.0 Å². The van der Waals surface area contributed by atoms with Gasteiger partial charge in [0, 0.05) is 38.3 Å². The molecule has 1 fully saturated rings. The molecule has 1 saturated heterocycles.